The number of hydrogen-bond acceptors (Lipinski definition) is 12. The maximum absolute atomic E-state index is 13.7. The summed E-state index contributed by atoms with van der Waals surface area (Å²) in [6.07, 6.45) is -8.33. The van der Waals surface area contributed by atoms with Crippen molar-refractivity contribution in [2.75, 3.05) is 31.6 Å². The zero-order valence-corrected chi connectivity index (χ0v) is 25.6. The molecular formula is C27H23F6N5O7S2. The first-order valence-electron chi connectivity index (χ1n) is 13.4. The summed E-state index contributed by atoms with van der Waals surface area (Å²) in [6.45, 7) is -0.684. The Morgan fingerprint density at radius 1 is 0.915 bits per heavy atom. The number of alkyl halides is 6. The van der Waals surface area contributed by atoms with Crippen LogP contribution in [0.15, 0.2) is 59.6 Å². The Bertz CT molecular complexity index is 1820. The second-order valence-electron chi connectivity index (χ2n) is 9.80. The van der Waals surface area contributed by atoms with E-state index < -0.39 is 57.8 Å². The van der Waals surface area contributed by atoms with Gasteiger partial charge in [0.1, 0.15) is 30.8 Å². The molecule has 1 aliphatic heterocycles. The molecule has 4 aromatic rings. The molecule has 0 N–H and O–H groups in total. The molecule has 47 heavy (non-hydrogen) atoms. The van der Waals surface area contributed by atoms with E-state index in [0.717, 1.165) is 40.7 Å². The van der Waals surface area contributed by atoms with Gasteiger partial charge in [0.05, 0.1) is 15.8 Å². The van der Waals surface area contributed by atoms with Gasteiger partial charge in [-0.2, -0.15) is 9.29 Å². The third kappa shape index (κ3) is 8.56. The van der Waals surface area contributed by atoms with Gasteiger partial charge in [-0.15, -0.1) is 26.3 Å². The molecule has 20 heteroatoms. The third-order valence-electron chi connectivity index (χ3n) is 6.54. The molecule has 3 heterocycles. The van der Waals surface area contributed by atoms with Crippen molar-refractivity contribution in [3.05, 3.63) is 66.1 Å². The largest absolute Gasteiger partial charge is 0.573 e. The average Bonchev–Trinajstić information content (AvgIpc) is 3.43. The van der Waals surface area contributed by atoms with Crippen molar-refractivity contribution >= 4 is 42.8 Å². The number of carbonyl (C=O) groups excluding carboxylic acids is 1. The molecule has 0 bridgehead atoms. The van der Waals surface area contributed by atoms with Crippen LogP contribution in [-0.4, -0.2) is 79.2 Å². The highest BCUT2D eigenvalue weighted by atomic mass is 32.2. The van der Waals surface area contributed by atoms with Gasteiger partial charge in [-0.05, 0) is 42.0 Å². The number of carbonyl (C=O) groups is 1. The molecule has 1 aliphatic rings. The van der Waals surface area contributed by atoms with Crippen molar-refractivity contribution in [1.82, 2.24) is 19.3 Å². The number of hydrogen-bond donors (Lipinski definition) is 0. The van der Waals surface area contributed by atoms with Crippen LogP contribution in [0.25, 0.3) is 10.3 Å². The molecule has 0 saturated carbocycles. The summed E-state index contributed by atoms with van der Waals surface area (Å²) in [5, 5.41) is 0.410. The normalized spacial score (nSPS) is 16.3. The quantitative estimate of drug-likeness (QED) is 0.169. The van der Waals surface area contributed by atoms with Gasteiger partial charge < -0.3 is 23.8 Å². The summed E-state index contributed by atoms with van der Waals surface area (Å²) < 4.78 is 122. The molecule has 252 valence electrons. The summed E-state index contributed by atoms with van der Waals surface area (Å²) in [4.78, 5) is 27.8. The highest BCUT2D eigenvalue weighted by Gasteiger charge is 2.42. The van der Waals surface area contributed by atoms with Crippen LogP contribution in [-0.2, 0) is 37.5 Å². The van der Waals surface area contributed by atoms with Crippen LogP contribution in [0.1, 0.15) is 11.4 Å². The Morgan fingerprint density at radius 2 is 1.53 bits per heavy atom. The molecular weight excluding hydrogens is 684 g/mol. The third-order valence-corrected chi connectivity index (χ3v) is 9.50. The zero-order chi connectivity index (χ0) is 34.0. The van der Waals surface area contributed by atoms with Gasteiger partial charge in [0.25, 0.3) is 0 Å². The molecule has 0 amide bonds. The number of benzene rings is 2. The van der Waals surface area contributed by atoms with Gasteiger partial charge in [-0.1, -0.05) is 23.5 Å². The smallest absolute Gasteiger partial charge is 0.460 e. The number of thiazole rings is 1. The summed E-state index contributed by atoms with van der Waals surface area (Å²) in [5.74, 6) is -1.74. The van der Waals surface area contributed by atoms with E-state index in [-0.39, 0.29) is 31.8 Å². The molecule has 1 saturated heterocycles. The predicted octanol–water partition coefficient (Wildman–Crippen LogP) is 4.65. The predicted molar refractivity (Wildman–Crippen MR) is 152 cm³/mol. The lowest BCUT2D eigenvalue weighted by Crippen LogP contribution is -2.58. The van der Waals surface area contributed by atoms with Gasteiger partial charge in [0, 0.05) is 26.7 Å². The first-order valence-corrected chi connectivity index (χ1v) is 15.6. The van der Waals surface area contributed by atoms with Crippen molar-refractivity contribution in [2.24, 2.45) is 0 Å². The number of aromatic nitrogens is 3. The number of ether oxygens (including phenoxy) is 4. The number of esters is 1. The van der Waals surface area contributed by atoms with E-state index in [1.165, 1.54) is 30.6 Å². The second kappa shape index (κ2) is 13.5. The maximum atomic E-state index is 13.7. The minimum Gasteiger partial charge on any atom is -0.460 e. The van der Waals surface area contributed by atoms with Crippen LogP contribution >= 0.6 is 11.3 Å². The van der Waals surface area contributed by atoms with Gasteiger partial charge in [0.2, 0.25) is 10.0 Å². The molecule has 0 unspecified atom stereocenters. The number of fused-ring (bicyclic) bond motifs is 1. The number of nitrogens with zero attached hydrogens (tertiary/aromatic N) is 5. The number of halogens is 6. The molecule has 0 spiro atoms. The van der Waals surface area contributed by atoms with Crippen LogP contribution in [0.4, 0.5) is 31.5 Å². The van der Waals surface area contributed by atoms with Crippen molar-refractivity contribution in [3.63, 3.8) is 0 Å². The fourth-order valence-corrected chi connectivity index (χ4v) is 6.97. The van der Waals surface area contributed by atoms with E-state index >= 15 is 0 Å². The number of rotatable bonds is 10. The topological polar surface area (TPSA) is 133 Å². The molecule has 2 aromatic heterocycles. The average molecular weight is 708 g/mol. The van der Waals surface area contributed by atoms with Crippen LogP contribution in [0.2, 0.25) is 0 Å². The van der Waals surface area contributed by atoms with E-state index in [2.05, 4.69) is 24.4 Å². The van der Waals surface area contributed by atoms with Crippen molar-refractivity contribution in [3.8, 4) is 11.5 Å². The standard InChI is InChI=1S/C27H23F6N5O7S2/c1-42-15-22-34-12-21-23(35-22)36-25(46-21)37-10-11-38(47(40,41)19-8-6-18(7-9-19)45-27(31,32)33)20(13-37)24(39)43-14-16-2-4-17(5-3-16)44-26(28,29)30/h2-9,12,20H,10-11,13-15H2,1H3/t20-/m1/s1. The van der Waals surface area contributed by atoms with E-state index in [1.54, 1.807) is 11.1 Å². The highest BCUT2D eigenvalue weighted by molar-refractivity contribution is 7.89. The van der Waals surface area contributed by atoms with Crippen LogP contribution in [0, 0.1) is 0 Å². The highest BCUT2D eigenvalue weighted by Crippen LogP contribution is 2.32. The first kappa shape index (κ1) is 34.1. The number of anilines is 1. The van der Waals surface area contributed by atoms with Crippen LogP contribution < -0.4 is 14.4 Å². The molecule has 0 radical (unpaired) electrons. The van der Waals surface area contributed by atoms with Crippen molar-refractivity contribution in [1.29, 1.82) is 0 Å². The maximum Gasteiger partial charge on any atom is 0.573 e. The lowest BCUT2D eigenvalue weighted by Gasteiger charge is -2.39. The molecule has 2 aromatic carbocycles. The molecule has 5 rings (SSSR count). The summed E-state index contributed by atoms with van der Waals surface area (Å²) in [6, 6.07) is 6.55. The Labute approximate surface area is 266 Å². The lowest BCUT2D eigenvalue weighted by atomic mass is 10.2. The Hall–Kier alpha value is -4.27. The van der Waals surface area contributed by atoms with Crippen LogP contribution in [0.3, 0.4) is 0 Å². The van der Waals surface area contributed by atoms with Crippen LogP contribution in [0.5, 0.6) is 11.5 Å². The fraction of sp³-hybridized carbons (Fsp3) is 0.333. The van der Waals surface area contributed by atoms with Gasteiger partial charge in [-0.3, -0.25) is 4.79 Å². The molecule has 1 fully saturated rings. The van der Waals surface area contributed by atoms with E-state index in [0.29, 0.717) is 21.3 Å². The minimum atomic E-state index is -4.99. The number of piperazine rings is 1. The summed E-state index contributed by atoms with van der Waals surface area (Å²) in [5.41, 5.74) is 0.646. The second-order valence-corrected chi connectivity index (χ2v) is 12.7. The molecule has 12 nitrogen and oxygen atoms in total. The Morgan fingerprint density at radius 3 is 2.13 bits per heavy atom. The van der Waals surface area contributed by atoms with Gasteiger partial charge >= 0.3 is 18.7 Å². The molecule has 0 aliphatic carbocycles. The number of sulfonamides is 1. The first-order chi connectivity index (χ1) is 22.1. The lowest BCUT2D eigenvalue weighted by molar-refractivity contribution is -0.275. The van der Waals surface area contributed by atoms with Crippen molar-refractivity contribution < 1.29 is 58.5 Å². The van der Waals surface area contributed by atoms with E-state index in [4.69, 9.17) is 9.47 Å². The van der Waals surface area contributed by atoms with Gasteiger partial charge in [-0.25, -0.2) is 18.4 Å². The van der Waals surface area contributed by atoms with Gasteiger partial charge in [0.15, 0.2) is 16.6 Å². The zero-order valence-electron chi connectivity index (χ0n) is 24.0. The summed E-state index contributed by atoms with van der Waals surface area (Å²) in [7, 11) is -2.99. The Balaban J connectivity index is 1.39. The monoisotopic (exact) mass is 707 g/mol. The SMILES string of the molecule is COCc1ncc2sc(N3CCN(S(=O)(=O)c4ccc(OC(F)(F)F)cc4)[C@@H](C(=O)OCc4ccc(OC(F)(F)F)cc4)C3)nc2n1. The minimum absolute atomic E-state index is 0.0666. The fourth-order valence-electron chi connectivity index (χ4n) is 4.50. The van der Waals surface area contributed by atoms with E-state index in [9.17, 15) is 39.6 Å². The summed E-state index contributed by atoms with van der Waals surface area (Å²) >= 11 is 1.20. The number of methoxy groups -OCH3 is 1. The Kier molecular flexibility index (Phi) is 9.75. The van der Waals surface area contributed by atoms with Crippen molar-refractivity contribution in [2.45, 2.75) is 36.9 Å². The van der Waals surface area contributed by atoms with E-state index in [1.807, 2.05) is 0 Å². The molecule has 1 atom stereocenters.